The summed E-state index contributed by atoms with van der Waals surface area (Å²) in [7, 11) is 0. The van der Waals surface area contributed by atoms with Crippen LogP contribution in [0.15, 0.2) is 12.2 Å². The van der Waals surface area contributed by atoms with Crippen LogP contribution in [0, 0.1) is 23.7 Å². The Balaban J connectivity index is 1.71. The van der Waals surface area contributed by atoms with Crippen LogP contribution in [0.2, 0.25) is 0 Å². The molecule has 0 unspecified atom stereocenters. The highest BCUT2D eigenvalue weighted by Crippen LogP contribution is 2.56. The largest absolute Gasteiger partial charge is 0.390 e. The molecule has 2 saturated carbocycles. The summed E-state index contributed by atoms with van der Waals surface area (Å²) < 4.78 is 11.6. The SMILES string of the molecule is CC1(C)O[C@@H]2[C@@H](O)[C@@H]3[C@H]([C@@H](O)[C@@H]2O1)[C@@H]1C=C[C@H]3C1. The van der Waals surface area contributed by atoms with Crippen LogP contribution in [-0.2, 0) is 9.47 Å². The van der Waals surface area contributed by atoms with E-state index < -0.39 is 18.0 Å². The maximum absolute atomic E-state index is 10.6. The Morgan fingerprint density at radius 2 is 1.39 bits per heavy atom. The topological polar surface area (TPSA) is 58.9 Å². The molecule has 0 aromatic carbocycles. The van der Waals surface area contributed by atoms with Gasteiger partial charge in [0.2, 0.25) is 0 Å². The Kier molecular flexibility index (Phi) is 2.13. The summed E-state index contributed by atoms with van der Waals surface area (Å²) in [5.41, 5.74) is 0. The van der Waals surface area contributed by atoms with Crippen molar-refractivity contribution in [2.75, 3.05) is 0 Å². The molecule has 1 heterocycles. The van der Waals surface area contributed by atoms with Crippen LogP contribution in [0.25, 0.3) is 0 Å². The smallest absolute Gasteiger partial charge is 0.164 e. The molecule has 0 aromatic rings. The van der Waals surface area contributed by atoms with Gasteiger partial charge in [0.25, 0.3) is 0 Å². The average molecular weight is 252 g/mol. The Bertz CT molecular complexity index is 371. The Morgan fingerprint density at radius 3 is 1.83 bits per heavy atom. The number of fused-ring (bicyclic) bond motifs is 6. The standard InChI is InChI=1S/C14H20O4/c1-14(2)17-12-10(15)8-6-3-4-7(5-6)9(8)11(16)13(12)18-14/h3-4,6-13,15-16H,5H2,1-2H3/t6-,7+,8-,9+,10-,11+,12+,13-. The van der Waals surface area contributed by atoms with E-state index in [1.54, 1.807) is 0 Å². The zero-order valence-corrected chi connectivity index (χ0v) is 10.7. The van der Waals surface area contributed by atoms with E-state index in [1.165, 1.54) is 0 Å². The summed E-state index contributed by atoms with van der Waals surface area (Å²) in [6, 6.07) is 0. The second-order valence-electron chi connectivity index (χ2n) is 6.65. The van der Waals surface area contributed by atoms with Crippen molar-refractivity contribution in [1.82, 2.24) is 0 Å². The van der Waals surface area contributed by atoms with E-state index in [0.29, 0.717) is 11.8 Å². The van der Waals surface area contributed by atoms with Crippen LogP contribution < -0.4 is 0 Å². The molecule has 1 aliphatic heterocycles. The van der Waals surface area contributed by atoms with Crippen molar-refractivity contribution in [1.29, 1.82) is 0 Å². The third-order valence-electron chi connectivity index (χ3n) is 5.21. The molecular formula is C14H20O4. The molecule has 0 spiro atoms. The van der Waals surface area contributed by atoms with E-state index in [1.807, 2.05) is 13.8 Å². The Labute approximate surface area is 107 Å². The zero-order chi connectivity index (χ0) is 12.7. The minimum absolute atomic E-state index is 0.133. The minimum Gasteiger partial charge on any atom is -0.390 e. The lowest BCUT2D eigenvalue weighted by atomic mass is 9.68. The van der Waals surface area contributed by atoms with Crippen molar-refractivity contribution in [3.8, 4) is 0 Å². The van der Waals surface area contributed by atoms with E-state index in [9.17, 15) is 10.2 Å². The van der Waals surface area contributed by atoms with Crippen LogP contribution >= 0.6 is 0 Å². The molecule has 1 saturated heterocycles. The van der Waals surface area contributed by atoms with Gasteiger partial charge in [0.1, 0.15) is 12.2 Å². The molecule has 0 aromatic heterocycles. The molecular weight excluding hydrogens is 232 g/mol. The molecule has 4 aliphatic rings. The molecule has 4 rings (SSSR count). The van der Waals surface area contributed by atoms with Gasteiger partial charge in [-0.25, -0.2) is 0 Å². The van der Waals surface area contributed by atoms with Gasteiger partial charge in [0, 0.05) is 0 Å². The first-order valence-electron chi connectivity index (χ1n) is 6.88. The highest BCUT2D eigenvalue weighted by Gasteiger charge is 2.63. The zero-order valence-electron chi connectivity index (χ0n) is 10.7. The lowest BCUT2D eigenvalue weighted by Gasteiger charge is -2.44. The van der Waals surface area contributed by atoms with Gasteiger partial charge in [0.15, 0.2) is 5.79 Å². The summed E-state index contributed by atoms with van der Waals surface area (Å²) in [6.07, 6.45) is 3.64. The average Bonchev–Trinajstić information content (AvgIpc) is 2.96. The van der Waals surface area contributed by atoms with Crippen LogP contribution in [0.4, 0.5) is 0 Å². The van der Waals surface area contributed by atoms with Crippen molar-refractivity contribution < 1.29 is 19.7 Å². The quantitative estimate of drug-likeness (QED) is 0.622. The van der Waals surface area contributed by atoms with E-state index >= 15 is 0 Å². The Hall–Kier alpha value is -0.420. The monoisotopic (exact) mass is 252 g/mol. The van der Waals surface area contributed by atoms with Crippen molar-refractivity contribution in [3.05, 3.63) is 12.2 Å². The van der Waals surface area contributed by atoms with Crippen LogP contribution in [0.1, 0.15) is 20.3 Å². The molecule has 0 radical (unpaired) electrons. The molecule has 3 fully saturated rings. The maximum Gasteiger partial charge on any atom is 0.164 e. The predicted molar refractivity (Wildman–Crippen MR) is 63.6 cm³/mol. The van der Waals surface area contributed by atoms with E-state index in [2.05, 4.69) is 12.2 Å². The first-order valence-corrected chi connectivity index (χ1v) is 6.88. The van der Waals surface area contributed by atoms with Gasteiger partial charge in [-0.1, -0.05) is 12.2 Å². The van der Waals surface area contributed by atoms with E-state index in [-0.39, 0.29) is 24.0 Å². The number of allylic oxidation sites excluding steroid dienone is 2. The van der Waals surface area contributed by atoms with Crippen molar-refractivity contribution in [3.63, 3.8) is 0 Å². The highest BCUT2D eigenvalue weighted by atomic mass is 16.8. The number of ether oxygens (including phenoxy) is 2. The number of aliphatic hydroxyl groups is 2. The fourth-order valence-corrected chi connectivity index (χ4v) is 4.64. The predicted octanol–water partition coefficient (Wildman–Crippen LogP) is 0.680. The van der Waals surface area contributed by atoms with Gasteiger partial charge in [-0.2, -0.15) is 0 Å². The first kappa shape index (κ1) is 11.4. The van der Waals surface area contributed by atoms with Crippen LogP contribution in [0.5, 0.6) is 0 Å². The van der Waals surface area contributed by atoms with Gasteiger partial charge in [-0.05, 0) is 43.9 Å². The number of hydrogen-bond acceptors (Lipinski definition) is 4. The van der Waals surface area contributed by atoms with E-state index in [0.717, 1.165) is 6.42 Å². The molecule has 8 atom stereocenters. The Morgan fingerprint density at radius 1 is 0.944 bits per heavy atom. The lowest BCUT2D eigenvalue weighted by Crippen LogP contribution is -2.58. The summed E-state index contributed by atoms with van der Waals surface area (Å²) in [6.45, 7) is 3.68. The molecule has 2 bridgehead atoms. The molecule has 3 aliphatic carbocycles. The fourth-order valence-electron chi connectivity index (χ4n) is 4.64. The van der Waals surface area contributed by atoms with E-state index in [4.69, 9.17) is 9.47 Å². The fraction of sp³-hybridized carbons (Fsp3) is 0.857. The second-order valence-corrected chi connectivity index (χ2v) is 6.65. The first-order chi connectivity index (χ1) is 8.48. The van der Waals surface area contributed by atoms with Gasteiger partial charge >= 0.3 is 0 Å². The molecule has 18 heavy (non-hydrogen) atoms. The second kappa shape index (κ2) is 3.37. The lowest BCUT2D eigenvalue weighted by molar-refractivity contribution is -0.158. The molecule has 100 valence electrons. The van der Waals surface area contributed by atoms with Gasteiger partial charge in [-0.3, -0.25) is 0 Å². The number of aliphatic hydroxyl groups excluding tert-OH is 2. The summed E-state index contributed by atoms with van der Waals surface area (Å²) >= 11 is 0. The third kappa shape index (κ3) is 1.29. The number of rotatable bonds is 0. The van der Waals surface area contributed by atoms with Gasteiger partial charge < -0.3 is 19.7 Å². The summed E-state index contributed by atoms with van der Waals surface area (Å²) in [4.78, 5) is 0. The minimum atomic E-state index is -0.706. The number of hydrogen-bond donors (Lipinski definition) is 2. The van der Waals surface area contributed by atoms with Crippen molar-refractivity contribution in [2.24, 2.45) is 23.7 Å². The van der Waals surface area contributed by atoms with Crippen molar-refractivity contribution >= 4 is 0 Å². The summed E-state index contributed by atoms with van der Waals surface area (Å²) in [5, 5.41) is 21.1. The van der Waals surface area contributed by atoms with Gasteiger partial charge in [-0.15, -0.1) is 0 Å². The molecule has 0 amide bonds. The normalized spacial score (nSPS) is 59.8. The molecule has 2 N–H and O–H groups in total. The molecule has 4 heteroatoms. The maximum atomic E-state index is 10.6. The highest BCUT2D eigenvalue weighted by molar-refractivity contribution is 5.20. The molecule has 4 nitrogen and oxygen atoms in total. The van der Waals surface area contributed by atoms with Crippen molar-refractivity contribution in [2.45, 2.75) is 50.5 Å². The third-order valence-corrected chi connectivity index (χ3v) is 5.21. The summed E-state index contributed by atoms with van der Waals surface area (Å²) in [5.74, 6) is 0.362. The van der Waals surface area contributed by atoms with Crippen LogP contribution in [0.3, 0.4) is 0 Å². The van der Waals surface area contributed by atoms with Crippen LogP contribution in [-0.4, -0.2) is 40.4 Å². The van der Waals surface area contributed by atoms with Gasteiger partial charge in [0.05, 0.1) is 12.2 Å².